The number of benzene rings is 1. The maximum Gasteiger partial charge on any atom is 0.164 e. The van der Waals surface area contributed by atoms with Gasteiger partial charge in [0.15, 0.2) is 11.5 Å². The van der Waals surface area contributed by atoms with Crippen molar-refractivity contribution >= 4 is 0 Å². The van der Waals surface area contributed by atoms with Gasteiger partial charge in [0.1, 0.15) is 11.5 Å². The number of nitrogens with zero attached hydrogens (tertiary/aromatic N) is 1. The first-order valence-electron chi connectivity index (χ1n) is 7.80. The molecule has 0 amide bonds. The fourth-order valence-corrected chi connectivity index (χ4v) is 2.59. The third kappa shape index (κ3) is 4.21. The first-order valence-corrected chi connectivity index (χ1v) is 7.80. The Balaban J connectivity index is 2.08. The second kappa shape index (κ2) is 8.61. The van der Waals surface area contributed by atoms with E-state index >= 15 is 0 Å². The highest BCUT2D eigenvalue weighted by Gasteiger charge is 2.17. The maximum atomic E-state index is 5.53. The van der Waals surface area contributed by atoms with Crippen LogP contribution in [-0.2, 0) is 6.54 Å². The van der Waals surface area contributed by atoms with Crippen LogP contribution in [0.25, 0.3) is 0 Å². The molecule has 2 rings (SSSR count). The topological polar surface area (TPSA) is 56.1 Å². The van der Waals surface area contributed by atoms with Crippen molar-refractivity contribution in [2.45, 2.75) is 12.6 Å². The Morgan fingerprint density at radius 2 is 1.71 bits per heavy atom. The number of ether oxygens (including phenoxy) is 3. The van der Waals surface area contributed by atoms with Crippen molar-refractivity contribution < 1.29 is 18.6 Å². The van der Waals surface area contributed by atoms with E-state index in [1.807, 2.05) is 38.4 Å². The van der Waals surface area contributed by atoms with Gasteiger partial charge in [-0.25, -0.2) is 0 Å². The number of likely N-dealkylation sites (N-methyl/N-ethyl adjacent to an activating group) is 1. The lowest BCUT2D eigenvalue weighted by Gasteiger charge is -2.23. The number of nitrogens with one attached hydrogen (secondary N) is 1. The van der Waals surface area contributed by atoms with Crippen molar-refractivity contribution in [1.29, 1.82) is 0 Å². The Morgan fingerprint density at radius 1 is 1.04 bits per heavy atom. The monoisotopic (exact) mass is 334 g/mol. The standard InChI is InChI=1S/C18H26N2O4/c1-20(2)14(15-7-6-8-24-15)12-19-11-13-9-17(22-4)18(23-5)10-16(13)21-3/h6-10,14,19H,11-12H2,1-5H3. The molecule has 2 aromatic rings. The van der Waals surface area contributed by atoms with E-state index in [0.717, 1.165) is 23.6 Å². The highest BCUT2D eigenvalue weighted by atomic mass is 16.5. The van der Waals surface area contributed by atoms with Gasteiger partial charge in [-0.15, -0.1) is 0 Å². The van der Waals surface area contributed by atoms with Gasteiger partial charge in [-0.1, -0.05) is 0 Å². The quantitative estimate of drug-likeness (QED) is 0.761. The minimum Gasteiger partial charge on any atom is -0.496 e. The molecular formula is C18H26N2O4. The van der Waals surface area contributed by atoms with Crippen LogP contribution in [0.15, 0.2) is 34.9 Å². The first kappa shape index (κ1) is 18.2. The number of hydrogen-bond donors (Lipinski definition) is 1. The van der Waals surface area contributed by atoms with Crippen molar-refractivity contribution in [1.82, 2.24) is 10.2 Å². The Bertz CT molecular complexity index is 626. The molecule has 1 aromatic carbocycles. The SMILES string of the molecule is COc1cc(OC)c(OC)cc1CNCC(c1ccco1)N(C)C. The van der Waals surface area contributed by atoms with Crippen molar-refractivity contribution in [2.24, 2.45) is 0 Å². The Kier molecular flexibility index (Phi) is 6.52. The van der Waals surface area contributed by atoms with Gasteiger partial charge in [-0.3, -0.25) is 4.90 Å². The van der Waals surface area contributed by atoms with E-state index in [1.54, 1.807) is 27.6 Å². The summed E-state index contributed by atoms with van der Waals surface area (Å²) >= 11 is 0. The van der Waals surface area contributed by atoms with Gasteiger partial charge in [-0.05, 0) is 32.3 Å². The first-order chi connectivity index (χ1) is 11.6. The number of furan rings is 1. The molecule has 1 heterocycles. The van der Waals surface area contributed by atoms with Crippen LogP contribution < -0.4 is 19.5 Å². The Hall–Kier alpha value is -2.18. The van der Waals surface area contributed by atoms with E-state index in [9.17, 15) is 0 Å². The Labute approximate surface area is 143 Å². The molecule has 132 valence electrons. The predicted molar refractivity (Wildman–Crippen MR) is 92.9 cm³/mol. The summed E-state index contributed by atoms with van der Waals surface area (Å²) in [6.07, 6.45) is 1.70. The number of hydrogen-bond acceptors (Lipinski definition) is 6. The Morgan fingerprint density at radius 3 is 2.25 bits per heavy atom. The van der Waals surface area contributed by atoms with Gasteiger partial charge < -0.3 is 23.9 Å². The maximum absolute atomic E-state index is 5.53. The van der Waals surface area contributed by atoms with Crippen LogP contribution >= 0.6 is 0 Å². The molecule has 0 bridgehead atoms. The van der Waals surface area contributed by atoms with Crippen LogP contribution in [0.1, 0.15) is 17.4 Å². The lowest BCUT2D eigenvalue weighted by atomic mass is 10.1. The predicted octanol–water partition coefficient (Wildman–Crippen LogP) is 2.70. The van der Waals surface area contributed by atoms with E-state index in [-0.39, 0.29) is 6.04 Å². The van der Waals surface area contributed by atoms with Crippen LogP contribution in [-0.4, -0.2) is 46.9 Å². The molecule has 0 spiro atoms. The van der Waals surface area contributed by atoms with Gasteiger partial charge in [0.2, 0.25) is 0 Å². The summed E-state index contributed by atoms with van der Waals surface area (Å²) in [7, 11) is 8.95. The van der Waals surface area contributed by atoms with Gasteiger partial charge in [0.25, 0.3) is 0 Å². The third-order valence-corrected chi connectivity index (χ3v) is 3.93. The lowest BCUT2D eigenvalue weighted by molar-refractivity contribution is 0.250. The van der Waals surface area contributed by atoms with Gasteiger partial charge in [-0.2, -0.15) is 0 Å². The smallest absolute Gasteiger partial charge is 0.164 e. The van der Waals surface area contributed by atoms with E-state index in [1.165, 1.54) is 0 Å². The largest absolute Gasteiger partial charge is 0.496 e. The van der Waals surface area contributed by atoms with E-state index in [2.05, 4.69) is 10.2 Å². The molecule has 0 radical (unpaired) electrons. The number of methoxy groups -OCH3 is 3. The summed E-state index contributed by atoms with van der Waals surface area (Å²) in [5.74, 6) is 3.04. The summed E-state index contributed by atoms with van der Waals surface area (Å²) in [6, 6.07) is 7.83. The molecular weight excluding hydrogens is 308 g/mol. The van der Waals surface area contributed by atoms with Crippen molar-refractivity contribution in [3.63, 3.8) is 0 Å². The molecule has 1 aromatic heterocycles. The molecule has 1 unspecified atom stereocenters. The summed E-state index contributed by atoms with van der Waals surface area (Å²) in [5, 5.41) is 3.46. The molecule has 0 saturated heterocycles. The molecule has 0 fully saturated rings. The van der Waals surface area contributed by atoms with Crippen LogP contribution in [0.3, 0.4) is 0 Å². The van der Waals surface area contributed by atoms with Crippen LogP contribution in [0.5, 0.6) is 17.2 Å². The normalized spacial score (nSPS) is 12.2. The third-order valence-electron chi connectivity index (χ3n) is 3.93. The van der Waals surface area contributed by atoms with Crippen LogP contribution in [0.2, 0.25) is 0 Å². The van der Waals surface area contributed by atoms with Gasteiger partial charge in [0, 0.05) is 24.7 Å². The summed E-state index contributed by atoms with van der Waals surface area (Å²) in [5.41, 5.74) is 1.01. The molecule has 0 aliphatic heterocycles. The number of rotatable bonds is 9. The zero-order chi connectivity index (χ0) is 17.5. The van der Waals surface area contributed by atoms with E-state index < -0.39 is 0 Å². The molecule has 24 heavy (non-hydrogen) atoms. The minimum atomic E-state index is 0.158. The molecule has 6 nitrogen and oxygen atoms in total. The average molecular weight is 334 g/mol. The van der Waals surface area contributed by atoms with Gasteiger partial charge in [0.05, 0.1) is 33.6 Å². The summed E-state index contributed by atoms with van der Waals surface area (Å²) < 4.78 is 21.7. The zero-order valence-corrected chi connectivity index (χ0v) is 15.0. The summed E-state index contributed by atoms with van der Waals surface area (Å²) in [6.45, 7) is 1.40. The molecule has 1 N–H and O–H groups in total. The highest BCUT2D eigenvalue weighted by Crippen LogP contribution is 2.34. The fourth-order valence-electron chi connectivity index (χ4n) is 2.59. The van der Waals surface area contributed by atoms with Crippen molar-refractivity contribution in [2.75, 3.05) is 42.0 Å². The average Bonchev–Trinajstić information content (AvgIpc) is 3.11. The molecule has 6 heteroatoms. The zero-order valence-electron chi connectivity index (χ0n) is 15.0. The molecule has 0 aliphatic carbocycles. The minimum absolute atomic E-state index is 0.158. The second-order valence-corrected chi connectivity index (χ2v) is 5.64. The van der Waals surface area contributed by atoms with Crippen LogP contribution in [0.4, 0.5) is 0 Å². The van der Waals surface area contributed by atoms with Crippen molar-refractivity contribution in [3.05, 3.63) is 41.9 Å². The van der Waals surface area contributed by atoms with Crippen LogP contribution in [0, 0.1) is 0 Å². The van der Waals surface area contributed by atoms with Crippen molar-refractivity contribution in [3.8, 4) is 17.2 Å². The molecule has 1 atom stereocenters. The van der Waals surface area contributed by atoms with Gasteiger partial charge >= 0.3 is 0 Å². The second-order valence-electron chi connectivity index (χ2n) is 5.64. The van der Waals surface area contributed by atoms with E-state index in [4.69, 9.17) is 18.6 Å². The van der Waals surface area contributed by atoms with E-state index in [0.29, 0.717) is 18.0 Å². The highest BCUT2D eigenvalue weighted by molar-refractivity contribution is 5.50. The fraction of sp³-hybridized carbons (Fsp3) is 0.444. The molecule has 0 saturated carbocycles. The summed E-state index contributed by atoms with van der Waals surface area (Å²) in [4.78, 5) is 2.12. The molecule has 0 aliphatic rings. The lowest BCUT2D eigenvalue weighted by Crippen LogP contribution is -2.30.